The van der Waals surface area contributed by atoms with Crippen molar-refractivity contribution in [3.63, 3.8) is 0 Å². The van der Waals surface area contributed by atoms with E-state index in [1.165, 1.54) is 7.11 Å². The Morgan fingerprint density at radius 2 is 2.12 bits per heavy atom. The molecule has 0 aliphatic heterocycles. The molecule has 0 heterocycles. The highest BCUT2D eigenvalue weighted by atomic mass is 16.5. The molecule has 0 fully saturated rings. The summed E-state index contributed by atoms with van der Waals surface area (Å²) >= 11 is 0. The highest BCUT2D eigenvalue weighted by molar-refractivity contribution is 5.93. The fourth-order valence-corrected chi connectivity index (χ4v) is 1.42. The van der Waals surface area contributed by atoms with Gasteiger partial charge in [-0.3, -0.25) is 9.59 Å². The number of methoxy groups -OCH3 is 1. The molecule has 0 aliphatic carbocycles. The van der Waals surface area contributed by atoms with Gasteiger partial charge in [-0.1, -0.05) is 6.07 Å². The van der Waals surface area contributed by atoms with Crippen molar-refractivity contribution in [2.45, 2.75) is 13.5 Å². The van der Waals surface area contributed by atoms with Crippen molar-refractivity contribution >= 4 is 11.9 Å². The molecule has 0 spiro atoms. The van der Waals surface area contributed by atoms with Crippen LogP contribution < -0.4 is 11.1 Å². The lowest BCUT2D eigenvalue weighted by atomic mass is 10.0. The number of esters is 1. The Morgan fingerprint density at radius 1 is 1.41 bits per heavy atom. The zero-order valence-electron chi connectivity index (χ0n) is 9.95. The molecule has 92 valence electrons. The van der Waals surface area contributed by atoms with E-state index in [1.54, 1.807) is 12.1 Å². The Kier molecular flexibility index (Phi) is 4.66. The summed E-state index contributed by atoms with van der Waals surface area (Å²) in [6.45, 7) is 2.59. The molecular formula is C12H16N2O3. The lowest BCUT2D eigenvalue weighted by Crippen LogP contribution is -2.23. The highest BCUT2D eigenvalue weighted by Crippen LogP contribution is 2.10. The van der Waals surface area contributed by atoms with Crippen molar-refractivity contribution in [3.05, 3.63) is 34.9 Å². The van der Waals surface area contributed by atoms with Crippen LogP contribution in [0.25, 0.3) is 0 Å². The third-order valence-corrected chi connectivity index (χ3v) is 2.44. The maximum Gasteiger partial charge on any atom is 0.319 e. The molecule has 0 saturated heterocycles. The summed E-state index contributed by atoms with van der Waals surface area (Å²) in [5.41, 5.74) is 7.63. The summed E-state index contributed by atoms with van der Waals surface area (Å²) in [5, 5.41) is 2.95. The average molecular weight is 236 g/mol. The van der Waals surface area contributed by atoms with E-state index in [4.69, 9.17) is 5.73 Å². The van der Waals surface area contributed by atoms with Gasteiger partial charge in [0, 0.05) is 12.1 Å². The van der Waals surface area contributed by atoms with E-state index in [0.717, 1.165) is 11.1 Å². The van der Waals surface area contributed by atoms with Gasteiger partial charge in [0.25, 0.3) is 0 Å². The molecular weight excluding hydrogens is 220 g/mol. The molecule has 0 bridgehead atoms. The third kappa shape index (κ3) is 3.88. The normalized spacial score (nSPS) is 10.0. The molecule has 0 aromatic heterocycles. The van der Waals surface area contributed by atoms with Gasteiger partial charge < -0.3 is 15.8 Å². The van der Waals surface area contributed by atoms with E-state index in [-0.39, 0.29) is 12.5 Å². The first-order chi connectivity index (χ1) is 8.04. The Balaban J connectivity index is 2.60. The zero-order chi connectivity index (χ0) is 12.8. The minimum absolute atomic E-state index is 0.160. The Hall–Kier alpha value is -1.88. The molecule has 5 nitrogen and oxygen atoms in total. The number of benzene rings is 1. The molecule has 1 aromatic rings. The number of carbonyl (C=O) groups excluding carboxylic acids is 2. The molecule has 0 aliphatic rings. The van der Waals surface area contributed by atoms with Crippen LogP contribution in [-0.4, -0.2) is 25.5 Å². The third-order valence-electron chi connectivity index (χ3n) is 2.44. The summed E-state index contributed by atoms with van der Waals surface area (Å²) in [6.07, 6.45) is 0. The van der Waals surface area contributed by atoms with Crippen LogP contribution in [0.4, 0.5) is 0 Å². The van der Waals surface area contributed by atoms with Gasteiger partial charge in [0.05, 0.1) is 13.7 Å². The number of amides is 1. The first kappa shape index (κ1) is 13.2. The van der Waals surface area contributed by atoms with E-state index < -0.39 is 5.91 Å². The monoisotopic (exact) mass is 236 g/mol. The lowest BCUT2D eigenvalue weighted by Gasteiger charge is -2.08. The largest absolute Gasteiger partial charge is 0.468 e. The van der Waals surface area contributed by atoms with Crippen LogP contribution in [0, 0.1) is 6.92 Å². The van der Waals surface area contributed by atoms with Crippen LogP contribution in [0.15, 0.2) is 18.2 Å². The maximum atomic E-state index is 11.0. The molecule has 0 unspecified atom stereocenters. The second kappa shape index (κ2) is 6.00. The summed E-state index contributed by atoms with van der Waals surface area (Å²) in [6, 6.07) is 5.22. The summed E-state index contributed by atoms with van der Waals surface area (Å²) < 4.78 is 4.51. The molecule has 3 N–H and O–H groups in total. The van der Waals surface area contributed by atoms with Crippen molar-refractivity contribution in [2.24, 2.45) is 5.73 Å². The SMILES string of the molecule is COC(=O)CNCc1ccc(C(N)=O)cc1C. The average Bonchev–Trinajstić information content (AvgIpc) is 2.30. The standard InChI is InChI=1S/C12H16N2O3/c1-8-5-9(12(13)16)3-4-10(8)6-14-7-11(15)17-2/h3-5,14H,6-7H2,1-2H3,(H2,13,16). The van der Waals surface area contributed by atoms with Crippen LogP contribution in [0.1, 0.15) is 21.5 Å². The highest BCUT2D eigenvalue weighted by Gasteiger charge is 2.05. The lowest BCUT2D eigenvalue weighted by molar-refractivity contribution is -0.139. The van der Waals surface area contributed by atoms with Gasteiger partial charge in [0.1, 0.15) is 0 Å². The van der Waals surface area contributed by atoms with E-state index >= 15 is 0 Å². The summed E-state index contributed by atoms with van der Waals surface area (Å²) in [7, 11) is 1.34. The fourth-order valence-electron chi connectivity index (χ4n) is 1.42. The second-order valence-electron chi connectivity index (χ2n) is 3.69. The number of aryl methyl sites for hydroxylation is 1. The molecule has 1 rings (SSSR count). The number of nitrogens with one attached hydrogen (secondary N) is 1. The molecule has 1 amide bonds. The smallest absolute Gasteiger partial charge is 0.319 e. The molecule has 5 heteroatoms. The van der Waals surface area contributed by atoms with Crippen LogP contribution in [0.5, 0.6) is 0 Å². The van der Waals surface area contributed by atoms with E-state index in [9.17, 15) is 9.59 Å². The number of hydrogen-bond donors (Lipinski definition) is 2. The van der Waals surface area contributed by atoms with Crippen LogP contribution in [0.2, 0.25) is 0 Å². The summed E-state index contributed by atoms with van der Waals surface area (Å²) in [5.74, 6) is -0.751. The number of ether oxygens (including phenoxy) is 1. The van der Waals surface area contributed by atoms with Crippen LogP contribution in [0.3, 0.4) is 0 Å². The first-order valence-electron chi connectivity index (χ1n) is 5.21. The number of nitrogens with two attached hydrogens (primary N) is 1. The molecule has 0 atom stereocenters. The van der Waals surface area contributed by atoms with Gasteiger partial charge in [-0.2, -0.15) is 0 Å². The fraction of sp³-hybridized carbons (Fsp3) is 0.333. The minimum atomic E-state index is -0.442. The van der Waals surface area contributed by atoms with Crippen LogP contribution >= 0.6 is 0 Å². The molecule has 0 saturated carbocycles. The predicted octanol–water partition coefficient (Wildman–Crippen LogP) is 0.357. The van der Waals surface area contributed by atoms with Crippen molar-refractivity contribution in [1.82, 2.24) is 5.32 Å². The van der Waals surface area contributed by atoms with Gasteiger partial charge in [-0.15, -0.1) is 0 Å². The number of rotatable bonds is 5. The molecule has 17 heavy (non-hydrogen) atoms. The Morgan fingerprint density at radius 3 is 2.65 bits per heavy atom. The van der Waals surface area contributed by atoms with Crippen LogP contribution in [-0.2, 0) is 16.1 Å². The molecule has 0 radical (unpaired) electrons. The minimum Gasteiger partial charge on any atom is -0.468 e. The van der Waals surface area contributed by atoms with Crippen molar-refractivity contribution < 1.29 is 14.3 Å². The Labute approximate surface area is 99.9 Å². The number of primary amides is 1. The number of hydrogen-bond acceptors (Lipinski definition) is 4. The predicted molar refractivity (Wildman–Crippen MR) is 63.4 cm³/mol. The van der Waals surface area contributed by atoms with E-state index in [2.05, 4.69) is 10.1 Å². The van der Waals surface area contributed by atoms with Gasteiger partial charge in [0.2, 0.25) is 5.91 Å². The van der Waals surface area contributed by atoms with Crippen molar-refractivity contribution in [3.8, 4) is 0 Å². The Bertz CT molecular complexity index is 430. The van der Waals surface area contributed by atoms with E-state index in [0.29, 0.717) is 12.1 Å². The van der Waals surface area contributed by atoms with Gasteiger partial charge in [-0.05, 0) is 30.2 Å². The van der Waals surface area contributed by atoms with Gasteiger partial charge in [0.15, 0.2) is 0 Å². The van der Waals surface area contributed by atoms with Crippen molar-refractivity contribution in [2.75, 3.05) is 13.7 Å². The maximum absolute atomic E-state index is 11.0. The van der Waals surface area contributed by atoms with Gasteiger partial charge >= 0.3 is 5.97 Å². The zero-order valence-corrected chi connectivity index (χ0v) is 9.95. The quantitative estimate of drug-likeness (QED) is 0.723. The first-order valence-corrected chi connectivity index (χ1v) is 5.21. The van der Waals surface area contributed by atoms with Gasteiger partial charge in [-0.25, -0.2) is 0 Å². The van der Waals surface area contributed by atoms with Crippen molar-refractivity contribution in [1.29, 1.82) is 0 Å². The topological polar surface area (TPSA) is 81.4 Å². The summed E-state index contributed by atoms with van der Waals surface area (Å²) in [4.78, 5) is 21.8. The second-order valence-corrected chi connectivity index (χ2v) is 3.69. The molecule has 1 aromatic carbocycles. The number of carbonyl (C=O) groups is 2. The van der Waals surface area contributed by atoms with E-state index in [1.807, 2.05) is 13.0 Å².